The van der Waals surface area contributed by atoms with E-state index in [4.69, 9.17) is 0 Å². The Labute approximate surface area is 133 Å². The van der Waals surface area contributed by atoms with Gasteiger partial charge in [0.1, 0.15) is 5.82 Å². The highest BCUT2D eigenvalue weighted by Crippen LogP contribution is 2.39. The van der Waals surface area contributed by atoms with Gasteiger partial charge in [-0.15, -0.1) is 0 Å². The maximum absolute atomic E-state index is 13.6. The van der Waals surface area contributed by atoms with Crippen molar-refractivity contribution in [2.45, 2.75) is 48.8 Å². The average molecular weight is 348 g/mol. The molecule has 1 aromatic rings. The lowest BCUT2D eigenvalue weighted by atomic mass is 9.84. The third kappa shape index (κ3) is 3.20. The highest BCUT2D eigenvalue weighted by atomic mass is 32.2. The molecule has 23 heavy (non-hydrogen) atoms. The van der Waals surface area contributed by atoms with Crippen LogP contribution in [0.5, 0.6) is 0 Å². The fourth-order valence-corrected chi connectivity index (χ4v) is 5.77. The van der Waals surface area contributed by atoms with E-state index in [-0.39, 0.29) is 27.8 Å². The van der Waals surface area contributed by atoms with E-state index in [0.717, 1.165) is 25.3 Å². The van der Waals surface area contributed by atoms with Gasteiger partial charge in [-0.1, -0.05) is 12.5 Å². The first kappa shape index (κ1) is 16.6. The summed E-state index contributed by atoms with van der Waals surface area (Å²) in [5.74, 6) is -2.15. The maximum atomic E-state index is 13.6. The summed E-state index contributed by atoms with van der Waals surface area (Å²) in [6.45, 7) is 0. The number of halogens is 4. The minimum atomic E-state index is -4.77. The number of fused-ring (bicyclic) bond motifs is 2. The molecule has 0 aromatic heterocycles. The Morgan fingerprint density at radius 1 is 1.13 bits per heavy atom. The molecule has 2 atom stereocenters. The Kier molecular flexibility index (Phi) is 4.33. The van der Waals surface area contributed by atoms with Gasteiger partial charge < -0.3 is 0 Å². The Morgan fingerprint density at radius 2 is 1.74 bits per heavy atom. The van der Waals surface area contributed by atoms with E-state index < -0.39 is 28.4 Å². The number of carbonyl (C=O) groups excluding carboxylic acids is 1. The van der Waals surface area contributed by atoms with E-state index in [9.17, 15) is 26.6 Å². The molecule has 2 saturated heterocycles. The lowest BCUT2D eigenvalue weighted by molar-refractivity contribution is -0.140. The summed E-state index contributed by atoms with van der Waals surface area (Å²) in [4.78, 5) is 12.5. The van der Waals surface area contributed by atoms with Crippen molar-refractivity contribution in [1.82, 2.24) is 0 Å². The summed E-state index contributed by atoms with van der Waals surface area (Å²) in [5.41, 5.74) is -1.40. The summed E-state index contributed by atoms with van der Waals surface area (Å²) in [6, 6.07) is 2.33. The van der Waals surface area contributed by atoms with E-state index in [2.05, 4.69) is 0 Å². The van der Waals surface area contributed by atoms with Crippen molar-refractivity contribution in [3.8, 4) is 0 Å². The van der Waals surface area contributed by atoms with E-state index in [1.807, 2.05) is 0 Å². The molecule has 0 spiro atoms. The first-order valence-electron chi connectivity index (χ1n) is 7.57. The molecule has 1 aromatic carbocycles. The monoisotopic (exact) mass is 348 g/mol. The molecule has 0 N–H and O–H groups in total. The molecular formula is C16H16F4O2S. The number of benzene rings is 1. The highest BCUT2D eigenvalue weighted by molar-refractivity contribution is 7.86. The number of carbonyl (C=O) groups is 1. The van der Waals surface area contributed by atoms with Crippen LogP contribution in [0.1, 0.15) is 48.0 Å². The lowest BCUT2D eigenvalue weighted by Crippen LogP contribution is -2.41. The topological polar surface area (TPSA) is 34.1 Å². The molecule has 0 amide bonds. The molecule has 2 bridgehead atoms. The minimum Gasteiger partial charge on any atom is -0.294 e. The molecule has 2 fully saturated rings. The third-order valence-electron chi connectivity index (χ3n) is 4.73. The maximum Gasteiger partial charge on any atom is 0.419 e. The molecule has 7 heteroatoms. The van der Waals surface area contributed by atoms with Crippen LogP contribution in [0.2, 0.25) is 0 Å². The number of hydrogen-bond donors (Lipinski definition) is 0. The van der Waals surface area contributed by atoms with Crippen molar-refractivity contribution in [3.63, 3.8) is 0 Å². The van der Waals surface area contributed by atoms with Crippen LogP contribution >= 0.6 is 0 Å². The van der Waals surface area contributed by atoms with Crippen molar-refractivity contribution < 1.29 is 26.6 Å². The predicted octanol–water partition coefficient (Wildman–Crippen LogP) is 4.11. The van der Waals surface area contributed by atoms with Crippen molar-refractivity contribution in [2.24, 2.45) is 5.92 Å². The van der Waals surface area contributed by atoms with Gasteiger partial charge in [0.05, 0.1) is 5.56 Å². The second-order valence-electron chi connectivity index (χ2n) is 6.23. The first-order chi connectivity index (χ1) is 10.8. The number of rotatable bonds is 2. The van der Waals surface area contributed by atoms with Gasteiger partial charge in [0.2, 0.25) is 0 Å². The Bertz CT molecular complexity index is 640. The van der Waals surface area contributed by atoms with Crippen molar-refractivity contribution in [1.29, 1.82) is 0 Å². The van der Waals surface area contributed by atoms with Gasteiger partial charge in [0, 0.05) is 32.8 Å². The summed E-state index contributed by atoms with van der Waals surface area (Å²) >= 11 is 0. The van der Waals surface area contributed by atoms with Gasteiger partial charge in [-0.25, -0.2) is 4.39 Å². The summed E-state index contributed by atoms with van der Waals surface area (Å²) in [7, 11) is -0.924. The summed E-state index contributed by atoms with van der Waals surface area (Å²) in [6.07, 6.45) is -1.20. The van der Waals surface area contributed by atoms with E-state index >= 15 is 0 Å². The smallest absolute Gasteiger partial charge is 0.294 e. The van der Waals surface area contributed by atoms with E-state index in [0.29, 0.717) is 25.0 Å². The average Bonchev–Trinajstić information content (AvgIpc) is 2.44. The number of hydrogen-bond acceptors (Lipinski definition) is 2. The van der Waals surface area contributed by atoms with Crippen LogP contribution in [0.15, 0.2) is 18.2 Å². The van der Waals surface area contributed by atoms with Gasteiger partial charge in [0.25, 0.3) is 0 Å². The zero-order chi connectivity index (χ0) is 16.8. The first-order valence-corrected chi connectivity index (χ1v) is 8.85. The van der Waals surface area contributed by atoms with Crippen molar-refractivity contribution >= 4 is 16.6 Å². The summed E-state index contributed by atoms with van der Waals surface area (Å²) in [5, 5.41) is -0.0357. The van der Waals surface area contributed by atoms with Crippen LogP contribution in [0.4, 0.5) is 17.6 Å². The third-order valence-corrected chi connectivity index (χ3v) is 6.90. The Balaban J connectivity index is 1.81. The van der Waals surface area contributed by atoms with Crippen LogP contribution in [-0.2, 0) is 17.0 Å². The van der Waals surface area contributed by atoms with Crippen LogP contribution in [0.3, 0.4) is 0 Å². The van der Waals surface area contributed by atoms with Crippen molar-refractivity contribution in [2.75, 3.05) is 0 Å². The van der Waals surface area contributed by atoms with Gasteiger partial charge in [-0.05, 0) is 37.8 Å². The van der Waals surface area contributed by atoms with Gasteiger partial charge in [-0.3, -0.25) is 9.00 Å². The Morgan fingerprint density at radius 3 is 2.26 bits per heavy atom. The summed E-state index contributed by atoms with van der Waals surface area (Å²) < 4.78 is 63.5. The van der Waals surface area contributed by atoms with E-state index in [1.54, 1.807) is 0 Å². The quantitative estimate of drug-likeness (QED) is 0.595. The molecule has 0 aliphatic carbocycles. The van der Waals surface area contributed by atoms with E-state index in [1.165, 1.54) is 0 Å². The van der Waals surface area contributed by atoms with Crippen LogP contribution < -0.4 is 0 Å². The number of alkyl halides is 3. The second-order valence-corrected chi connectivity index (χ2v) is 8.22. The zero-order valence-corrected chi connectivity index (χ0v) is 13.1. The molecule has 2 nitrogen and oxygen atoms in total. The highest BCUT2D eigenvalue weighted by Gasteiger charge is 2.41. The van der Waals surface area contributed by atoms with Crippen LogP contribution in [0.25, 0.3) is 0 Å². The Hall–Kier alpha value is -1.24. The molecule has 0 radical (unpaired) electrons. The molecule has 0 saturated carbocycles. The molecule has 2 heterocycles. The van der Waals surface area contributed by atoms with Gasteiger partial charge >= 0.3 is 6.18 Å². The van der Waals surface area contributed by atoms with Gasteiger partial charge in [-0.2, -0.15) is 13.2 Å². The molecule has 3 rings (SSSR count). The van der Waals surface area contributed by atoms with Crippen molar-refractivity contribution in [3.05, 3.63) is 35.1 Å². The standard InChI is InChI=1S/C16H16F4O2S/c17-14-8-9(4-5-13(14)16(18,19)20)15(21)10-6-11-2-1-3-12(7-10)23(11)22/h4-5,8,10-12H,1-3,6-7H2. The lowest BCUT2D eigenvalue weighted by Gasteiger charge is -2.37. The predicted molar refractivity (Wildman–Crippen MR) is 78.0 cm³/mol. The zero-order valence-electron chi connectivity index (χ0n) is 12.2. The van der Waals surface area contributed by atoms with Crippen LogP contribution in [-0.4, -0.2) is 20.5 Å². The van der Waals surface area contributed by atoms with Gasteiger partial charge in [0.15, 0.2) is 5.78 Å². The molecule has 2 unspecified atom stereocenters. The largest absolute Gasteiger partial charge is 0.419 e. The fraction of sp³-hybridized carbons (Fsp3) is 0.562. The molecular weight excluding hydrogens is 332 g/mol. The number of Topliss-reactive ketones (excluding diaryl/α,β-unsaturated/α-hetero) is 1. The second kappa shape index (κ2) is 6.00. The SMILES string of the molecule is O=C(c1ccc(C(F)(F)F)c(F)c1)C1CC2CCCC(C1)S2=O. The number of ketones is 1. The fourth-order valence-electron chi connectivity index (χ4n) is 3.58. The molecule has 126 valence electrons. The molecule has 2 aliphatic heterocycles. The normalized spacial score (nSPS) is 31.0. The van der Waals surface area contributed by atoms with Crippen LogP contribution in [0, 0.1) is 11.7 Å². The minimum absolute atomic E-state index is 0.0178. The molecule has 2 aliphatic rings.